The highest BCUT2D eigenvalue weighted by Gasteiger charge is 2.09. The van der Waals surface area contributed by atoms with Crippen LogP contribution in [0.4, 0.5) is 0 Å². The highest BCUT2D eigenvalue weighted by Crippen LogP contribution is 1.84. The van der Waals surface area contributed by atoms with Crippen molar-refractivity contribution in [2.45, 2.75) is 33.2 Å². The van der Waals surface area contributed by atoms with Crippen LogP contribution in [0.5, 0.6) is 0 Å². The van der Waals surface area contributed by atoms with Gasteiger partial charge in [0.05, 0.1) is 0 Å². The standard InChI is InChI=1S/C8H21N3O2S/c1-4-9-6-5-7-10-14(12,13)11-8(2)3/h8-11H,4-7H2,1-3H3. The minimum atomic E-state index is -3.30. The highest BCUT2D eigenvalue weighted by atomic mass is 32.2. The molecule has 14 heavy (non-hydrogen) atoms. The van der Waals surface area contributed by atoms with Crippen LogP contribution in [-0.2, 0) is 10.2 Å². The zero-order valence-corrected chi connectivity index (χ0v) is 9.95. The average Bonchev–Trinajstić information content (AvgIpc) is 2.01. The first-order chi connectivity index (χ1) is 6.48. The van der Waals surface area contributed by atoms with E-state index in [9.17, 15) is 8.42 Å². The lowest BCUT2D eigenvalue weighted by Gasteiger charge is -2.10. The van der Waals surface area contributed by atoms with Crippen LogP contribution in [0.1, 0.15) is 27.2 Å². The summed E-state index contributed by atoms with van der Waals surface area (Å²) in [7, 11) is -3.30. The molecule has 0 aliphatic carbocycles. The van der Waals surface area contributed by atoms with Crippen molar-refractivity contribution in [2.75, 3.05) is 19.6 Å². The topological polar surface area (TPSA) is 70.2 Å². The van der Waals surface area contributed by atoms with Crippen molar-refractivity contribution in [3.05, 3.63) is 0 Å². The molecule has 0 atom stereocenters. The lowest BCUT2D eigenvalue weighted by molar-refractivity contribution is 0.550. The molecule has 0 spiro atoms. The van der Waals surface area contributed by atoms with Gasteiger partial charge in [-0.2, -0.15) is 13.1 Å². The minimum Gasteiger partial charge on any atom is -0.317 e. The van der Waals surface area contributed by atoms with Crippen molar-refractivity contribution in [3.63, 3.8) is 0 Å². The Hall–Kier alpha value is -0.170. The Morgan fingerprint density at radius 2 is 1.86 bits per heavy atom. The predicted octanol–water partition coefficient (Wildman–Crippen LogP) is -0.182. The maximum Gasteiger partial charge on any atom is 0.277 e. The number of nitrogens with one attached hydrogen (secondary N) is 3. The molecule has 5 nitrogen and oxygen atoms in total. The Bertz CT molecular complexity index is 227. The number of hydrogen-bond acceptors (Lipinski definition) is 3. The van der Waals surface area contributed by atoms with Crippen LogP contribution in [0.2, 0.25) is 0 Å². The van der Waals surface area contributed by atoms with Crippen molar-refractivity contribution in [1.82, 2.24) is 14.8 Å². The van der Waals surface area contributed by atoms with E-state index < -0.39 is 10.2 Å². The Kier molecular flexibility index (Phi) is 7.08. The van der Waals surface area contributed by atoms with E-state index in [-0.39, 0.29) is 6.04 Å². The molecule has 0 aliphatic heterocycles. The summed E-state index contributed by atoms with van der Waals surface area (Å²) < 4.78 is 27.4. The highest BCUT2D eigenvalue weighted by molar-refractivity contribution is 7.87. The predicted molar refractivity (Wildman–Crippen MR) is 58.4 cm³/mol. The zero-order valence-electron chi connectivity index (χ0n) is 9.13. The molecule has 0 heterocycles. The van der Waals surface area contributed by atoms with E-state index in [2.05, 4.69) is 14.8 Å². The lowest BCUT2D eigenvalue weighted by Crippen LogP contribution is -2.41. The molecule has 0 saturated carbocycles. The largest absolute Gasteiger partial charge is 0.317 e. The van der Waals surface area contributed by atoms with Crippen LogP contribution < -0.4 is 14.8 Å². The van der Waals surface area contributed by atoms with Crippen molar-refractivity contribution in [2.24, 2.45) is 0 Å². The van der Waals surface area contributed by atoms with Crippen LogP contribution in [0.25, 0.3) is 0 Å². The average molecular weight is 223 g/mol. The fraction of sp³-hybridized carbons (Fsp3) is 1.00. The monoisotopic (exact) mass is 223 g/mol. The van der Waals surface area contributed by atoms with E-state index in [1.54, 1.807) is 13.8 Å². The van der Waals surface area contributed by atoms with Gasteiger partial charge in [-0.25, -0.2) is 4.72 Å². The molecule has 0 saturated heterocycles. The summed E-state index contributed by atoms with van der Waals surface area (Å²) in [5.74, 6) is 0. The van der Waals surface area contributed by atoms with Gasteiger partial charge in [0, 0.05) is 12.6 Å². The van der Waals surface area contributed by atoms with Crippen molar-refractivity contribution < 1.29 is 8.42 Å². The first-order valence-corrected chi connectivity index (χ1v) is 6.44. The fourth-order valence-corrected chi connectivity index (χ4v) is 2.07. The molecule has 0 aromatic heterocycles. The van der Waals surface area contributed by atoms with E-state index in [0.717, 1.165) is 19.5 Å². The van der Waals surface area contributed by atoms with Gasteiger partial charge >= 0.3 is 0 Å². The third-order valence-corrected chi connectivity index (χ3v) is 2.83. The molecule has 0 aliphatic rings. The Balaban J connectivity index is 3.56. The molecule has 0 aromatic rings. The Labute approximate surface area is 86.8 Å². The summed E-state index contributed by atoms with van der Waals surface area (Å²) in [4.78, 5) is 0. The molecule has 0 unspecified atom stereocenters. The van der Waals surface area contributed by atoms with Gasteiger partial charge in [-0.05, 0) is 33.4 Å². The molecule has 6 heteroatoms. The molecule has 86 valence electrons. The van der Waals surface area contributed by atoms with Crippen LogP contribution in [0.3, 0.4) is 0 Å². The number of rotatable bonds is 8. The fourth-order valence-electron chi connectivity index (χ4n) is 0.949. The van der Waals surface area contributed by atoms with Gasteiger partial charge < -0.3 is 5.32 Å². The second-order valence-electron chi connectivity index (χ2n) is 3.38. The molecule has 0 radical (unpaired) electrons. The van der Waals surface area contributed by atoms with E-state index in [4.69, 9.17) is 0 Å². The van der Waals surface area contributed by atoms with E-state index in [1.807, 2.05) is 6.92 Å². The molecule has 0 aromatic carbocycles. The third kappa shape index (κ3) is 8.43. The number of hydrogen-bond donors (Lipinski definition) is 3. The van der Waals surface area contributed by atoms with E-state index in [0.29, 0.717) is 6.54 Å². The van der Waals surface area contributed by atoms with E-state index >= 15 is 0 Å². The maximum absolute atomic E-state index is 11.2. The lowest BCUT2D eigenvalue weighted by atomic mass is 10.4. The molecule has 0 fully saturated rings. The smallest absolute Gasteiger partial charge is 0.277 e. The second-order valence-corrected chi connectivity index (χ2v) is 4.91. The molecular weight excluding hydrogens is 202 g/mol. The van der Waals surface area contributed by atoms with Crippen molar-refractivity contribution in [3.8, 4) is 0 Å². The van der Waals surface area contributed by atoms with Gasteiger partial charge in [0.25, 0.3) is 10.2 Å². The van der Waals surface area contributed by atoms with Gasteiger partial charge in [-0.1, -0.05) is 6.92 Å². The summed E-state index contributed by atoms with van der Waals surface area (Å²) in [5, 5.41) is 3.12. The van der Waals surface area contributed by atoms with Crippen LogP contribution in [0, 0.1) is 0 Å². The van der Waals surface area contributed by atoms with Crippen molar-refractivity contribution >= 4 is 10.2 Å². The molecule has 3 N–H and O–H groups in total. The van der Waals surface area contributed by atoms with Gasteiger partial charge in [0.15, 0.2) is 0 Å². The van der Waals surface area contributed by atoms with Gasteiger partial charge in [0.2, 0.25) is 0 Å². The molecule has 0 amide bonds. The van der Waals surface area contributed by atoms with Crippen molar-refractivity contribution in [1.29, 1.82) is 0 Å². The molecular formula is C8H21N3O2S. The maximum atomic E-state index is 11.2. The summed E-state index contributed by atoms with van der Waals surface area (Å²) in [5.41, 5.74) is 0. The molecule has 0 rings (SSSR count). The van der Waals surface area contributed by atoms with Gasteiger partial charge in [-0.3, -0.25) is 0 Å². The zero-order chi connectivity index (χ0) is 11.0. The van der Waals surface area contributed by atoms with Crippen LogP contribution in [-0.4, -0.2) is 34.1 Å². The second kappa shape index (κ2) is 7.17. The van der Waals surface area contributed by atoms with E-state index in [1.165, 1.54) is 0 Å². The summed E-state index contributed by atoms with van der Waals surface area (Å²) >= 11 is 0. The normalized spacial score (nSPS) is 12.3. The summed E-state index contributed by atoms with van der Waals surface area (Å²) in [6.45, 7) is 7.81. The first-order valence-electron chi connectivity index (χ1n) is 4.95. The summed E-state index contributed by atoms with van der Waals surface area (Å²) in [6, 6.07) is -0.0683. The van der Waals surface area contributed by atoms with Gasteiger partial charge in [-0.15, -0.1) is 0 Å². The third-order valence-electron chi connectivity index (χ3n) is 1.46. The Morgan fingerprint density at radius 1 is 1.21 bits per heavy atom. The first kappa shape index (κ1) is 13.8. The summed E-state index contributed by atoms with van der Waals surface area (Å²) in [6.07, 6.45) is 0.798. The van der Waals surface area contributed by atoms with Crippen LogP contribution >= 0.6 is 0 Å². The molecule has 0 bridgehead atoms. The minimum absolute atomic E-state index is 0.0683. The van der Waals surface area contributed by atoms with Gasteiger partial charge in [0.1, 0.15) is 0 Å². The SMILES string of the molecule is CCNCCCNS(=O)(=O)NC(C)C. The Morgan fingerprint density at radius 3 is 2.36 bits per heavy atom. The van der Waals surface area contributed by atoms with Crippen LogP contribution in [0.15, 0.2) is 0 Å². The quantitative estimate of drug-likeness (QED) is 0.500.